The van der Waals surface area contributed by atoms with Gasteiger partial charge >= 0.3 is 0 Å². The summed E-state index contributed by atoms with van der Waals surface area (Å²) >= 11 is 12.3. The molecule has 1 heterocycles. The van der Waals surface area contributed by atoms with Crippen molar-refractivity contribution >= 4 is 34.7 Å². The molecular weight excluding hydrogens is 417 g/mol. The van der Waals surface area contributed by atoms with Gasteiger partial charge in [-0.1, -0.05) is 41.4 Å². The molecule has 1 amide bonds. The first-order chi connectivity index (χ1) is 13.8. The molecule has 1 aliphatic heterocycles. The number of amides is 1. The normalized spacial score (nSPS) is 19.2. The van der Waals surface area contributed by atoms with Gasteiger partial charge in [0.2, 0.25) is 0 Å². The molecule has 0 saturated heterocycles. The SMILES string of the molecule is COCON1C(=O)C(c2ccc(Cl)cc2Cl)=C(O)C1(C)Cc1cccc(OC)c1. The summed E-state index contributed by atoms with van der Waals surface area (Å²) in [5, 5.41) is 13.0. The molecule has 1 unspecified atom stereocenters. The molecule has 0 fully saturated rings. The Morgan fingerprint density at radius 2 is 1.90 bits per heavy atom. The van der Waals surface area contributed by atoms with Gasteiger partial charge < -0.3 is 14.6 Å². The van der Waals surface area contributed by atoms with E-state index in [0.29, 0.717) is 16.3 Å². The van der Waals surface area contributed by atoms with Crippen LogP contribution in [0.25, 0.3) is 5.57 Å². The molecule has 1 atom stereocenters. The lowest BCUT2D eigenvalue weighted by Crippen LogP contribution is -2.48. The number of ether oxygens (including phenoxy) is 2. The largest absolute Gasteiger partial charge is 0.509 e. The minimum absolute atomic E-state index is 0.0631. The molecule has 8 heteroatoms. The van der Waals surface area contributed by atoms with E-state index in [4.69, 9.17) is 37.5 Å². The van der Waals surface area contributed by atoms with E-state index in [2.05, 4.69) is 0 Å². The van der Waals surface area contributed by atoms with Crippen molar-refractivity contribution in [3.8, 4) is 5.75 Å². The van der Waals surface area contributed by atoms with Gasteiger partial charge in [-0.15, -0.1) is 0 Å². The van der Waals surface area contributed by atoms with Crippen LogP contribution in [0.1, 0.15) is 18.1 Å². The molecule has 2 aromatic carbocycles. The van der Waals surface area contributed by atoms with Crippen LogP contribution in [0.15, 0.2) is 48.2 Å². The first kappa shape index (κ1) is 21.5. The second kappa shape index (κ2) is 8.63. The Balaban J connectivity index is 2.09. The van der Waals surface area contributed by atoms with Crippen molar-refractivity contribution in [2.75, 3.05) is 21.0 Å². The van der Waals surface area contributed by atoms with Crippen molar-refractivity contribution in [2.45, 2.75) is 18.9 Å². The molecule has 0 bridgehead atoms. The summed E-state index contributed by atoms with van der Waals surface area (Å²) in [6.45, 7) is 1.56. The number of hydrogen-bond donors (Lipinski definition) is 1. The number of halogens is 2. The van der Waals surface area contributed by atoms with Crippen LogP contribution in [0.5, 0.6) is 5.75 Å². The smallest absolute Gasteiger partial charge is 0.282 e. The summed E-state index contributed by atoms with van der Waals surface area (Å²) in [7, 11) is 3.02. The van der Waals surface area contributed by atoms with Crippen molar-refractivity contribution in [1.82, 2.24) is 5.06 Å². The zero-order chi connectivity index (χ0) is 21.2. The number of aliphatic hydroxyl groups is 1. The van der Waals surface area contributed by atoms with Crippen molar-refractivity contribution in [3.63, 3.8) is 0 Å². The van der Waals surface area contributed by atoms with E-state index in [1.165, 1.54) is 13.2 Å². The maximum Gasteiger partial charge on any atom is 0.282 e. The van der Waals surface area contributed by atoms with Crippen LogP contribution in [0.3, 0.4) is 0 Å². The fraction of sp³-hybridized carbons (Fsp3) is 0.286. The predicted molar refractivity (Wildman–Crippen MR) is 111 cm³/mol. The topological polar surface area (TPSA) is 68.2 Å². The van der Waals surface area contributed by atoms with Gasteiger partial charge in [0.1, 0.15) is 17.0 Å². The molecule has 0 aromatic heterocycles. The first-order valence-electron chi connectivity index (χ1n) is 8.80. The van der Waals surface area contributed by atoms with Gasteiger partial charge in [0, 0.05) is 24.1 Å². The second-order valence-corrected chi connectivity index (χ2v) is 7.63. The van der Waals surface area contributed by atoms with E-state index in [1.807, 2.05) is 24.3 Å². The summed E-state index contributed by atoms with van der Waals surface area (Å²) in [5.41, 5.74) is 0.105. The van der Waals surface area contributed by atoms with E-state index in [1.54, 1.807) is 26.2 Å². The fourth-order valence-corrected chi connectivity index (χ4v) is 3.87. The molecule has 29 heavy (non-hydrogen) atoms. The van der Waals surface area contributed by atoms with Crippen molar-refractivity contribution in [2.24, 2.45) is 0 Å². The molecule has 0 saturated carbocycles. The van der Waals surface area contributed by atoms with Crippen LogP contribution in [0.4, 0.5) is 0 Å². The van der Waals surface area contributed by atoms with Crippen LogP contribution < -0.4 is 4.74 Å². The Labute approximate surface area is 179 Å². The molecule has 1 N–H and O–H groups in total. The third-order valence-corrected chi connectivity index (χ3v) is 5.32. The molecule has 154 valence electrons. The van der Waals surface area contributed by atoms with Crippen LogP contribution in [-0.2, 0) is 20.8 Å². The molecule has 3 rings (SSSR count). The number of hydroxylamine groups is 2. The van der Waals surface area contributed by atoms with E-state index in [0.717, 1.165) is 10.6 Å². The second-order valence-electron chi connectivity index (χ2n) is 6.79. The Bertz CT molecular complexity index is 962. The summed E-state index contributed by atoms with van der Waals surface area (Å²) < 4.78 is 10.2. The number of methoxy groups -OCH3 is 2. The zero-order valence-corrected chi connectivity index (χ0v) is 17.8. The molecule has 0 aliphatic carbocycles. The zero-order valence-electron chi connectivity index (χ0n) is 16.2. The number of hydrogen-bond acceptors (Lipinski definition) is 5. The van der Waals surface area contributed by atoms with Crippen LogP contribution >= 0.6 is 23.2 Å². The summed E-state index contributed by atoms with van der Waals surface area (Å²) in [6, 6.07) is 12.1. The van der Waals surface area contributed by atoms with E-state index in [-0.39, 0.29) is 29.6 Å². The average molecular weight is 438 g/mol. The number of aliphatic hydroxyl groups excluding tert-OH is 1. The summed E-state index contributed by atoms with van der Waals surface area (Å²) in [6.07, 6.45) is 0.278. The fourth-order valence-electron chi connectivity index (χ4n) is 3.37. The molecule has 1 aliphatic rings. The van der Waals surface area contributed by atoms with Gasteiger partial charge in [-0.3, -0.25) is 4.79 Å². The van der Waals surface area contributed by atoms with Crippen molar-refractivity contribution in [3.05, 3.63) is 69.4 Å². The van der Waals surface area contributed by atoms with Gasteiger partial charge in [0.25, 0.3) is 5.91 Å². The van der Waals surface area contributed by atoms with E-state index >= 15 is 0 Å². The van der Waals surface area contributed by atoms with E-state index in [9.17, 15) is 9.90 Å². The van der Waals surface area contributed by atoms with Crippen LogP contribution in [-0.4, -0.2) is 42.6 Å². The number of carbonyl (C=O) groups is 1. The maximum atomic E-state index is 13.2. The predicted octanol–water partition coefficient (Wildman–Crippen LogP) is 4.65. The number of nitrogens with zero attached hydrogens (tertiary/aromatic N) is 1. The lowest BCUT2D eigenvalue weighted by atomic mass is 9.90. The van der Waals surface area contributed by atoms with Gasteiger partial charge in [-0.05, 0) is 36.8 Å². The third-order valence-electron chi connectivity index (χ3n) is 4.78. The first-order valence-corrected chi connectivity index (χ1v) is 9.56. The lowest BCUT2D eigenvalue weighted by Gasteiger charge is -2.34. The van der Waals surface area contributed by atoms with Gasteiger partial charge in [0.05, 0.1) is 17.7 Å². The van der Waals surface area contributed by atoms with Crippen molar-refractivity contribution < 1.29 is 24.2 Å². The Morgan fingerprint density at radius 3 is 2.55 bits per heavy atom. The minimum Gasteiger partial charge on any atom is -0.509 e. The molecule has 2 aromatic rings. The van der Waals surface area contributed by atoms with E-state index < -0.39 is 11.4 Å². The van der Waals surface area contributed by atoms with Crippen molar-refractivity contribution in [1.29, 1.82) is 0 Å². The van der Waals surface area contributed by atoms with Crippen LogP contribution in [0.2, 0.25) is 10.0 Å². The summed E-state index contributed by atoms with van der Waals surface area (Å²) in [5.74, 6) is 0.00374. The monoisotopic (exact) mass is 437 g/mol. The molecular formula is C21H21Cl2NO5. The van der Waals surface area contributed by atoms with Gasteiger partial charge in [-0.25, -0.2) is 9.90 Å². The van der Waals surface area contributed by atoms with Gasteiger partial charge in [0.15, 0.2) is 6.79 Å². The molecule has 6 nitrogen and oxygen atoms in total. The Kier molecular flexibility index (Phi) is 6.39. The Morgan fingerprint density at radius 1 is 1.14 bits per heavy atom. The highest BCUT2D eigenvalue weighted by atomic mass is 35.5. The maximum absolute atomic E-state index is 13.2. The van der Waals surface area contributed by atoms with Crippen LogP contribution in [0, 0.1) is 0 Å². The number of rotatable bonds is 7. The highest BCUT2D eigenvalue weighted by Gasteiger charge is 2.51. The molecule has 0 spiro atoms. The minimum atomic E-state index is -1.18. The standard InChI is InChI=1S/C21H21Cl2NO5/c1-21(11-13-5-4-6-15(9-13)28-3)19(25)18(20(26)24(21)29-12-27-2)16-8-7-14(22)10-17(16)23/h4-10,25H,11-12H2,1-3H3. The highest BCUT2D eigenvalue weighted by Crippen LogP contribution is 2.43. The third kappa shape index (κ3) is 4.07. The highest BCUT2D eigenvalue weighted by molar-refractivity contribution is 6.37. The Hall–Kier alpha value is -2.25. The number of benzene rings is 2. The van der Waals surface area contributed by atoms with Gasteiger partial charge in [-0.2, -0.15) is 0 Å². The molecule has 0 radical (unpaired) electrons. The lowest BCUT2D eigenvalue weighted by molar-refractivity contribution is -0.241. The number of carbonyl (C=O) groups excluding carboxylic acids is 1. The summed E-state index contributed by atoms with van der Waals surface area (Å²) in [4.78, 5) is 18.8. The average Bonchev–Trinajstić information content (AvgIpc) is 2.86. The quantitative estimate of drug-likeness (QED) is 0.638.